The number of aliphatic imine (C=N–C) groups is 1. The van der Waals surface area contributed by atoms with Crippen LogP contribution in [0.1, 0.15) is 25.0 Å². The molecule has 0 radical (unpaired) electrons. The number of hydrogen-bond donors (Lipinski definition) is 1. The van der Waals surface area contributed by atoms with Gasteiger partial charge < -0.3 is 5.73 Å². The molecule has 0 saturated heterocycles. The van der Waals surface area contributed by atoms with Crippen LogP contribution in [0.5, 0.6) is 0 Å². The topological polar surface area (TPSA) is 38.4 Å². The van der Waals surface area contributed by atoms with E-state index >= 15 is 0 Å². The van der Waals surface area contributed by atoms with Crippen molar-refractivity contribution in [3.05, 3.63) is 29.3 Å². The summed E-state index contributed by atoms with van der Waals surface area (Å²) < 4.78 is 25.3. The number of hydrogen-bond acceptors (Lipinski definition) is 2. The van der Waals surface area contributed by atoms with Gasteiger partial charge in [-0.2, -0.15) is 0 Å². The van der Waals surface area contributed by atoms with Crippen molar-refractivity contribution in [2.24, 2.45) is 4.99 Å². The molecule has 1 rings (SSSR count). The van der Waals surface area contributed by atoms with Crippen LogP contribution in [-0.2, 0) is 6.42 Å². The Morgan fingerprint density at radius 2 is 2.06 bits per heavy atom. The summed E-state index contributed by atoms with van der Waals surface area (Å²) in [7, 11) is 0. The number of halogens is 2. The minimum absolute atomic E-state index is 0.458. The first kappa shape index (κ1) is 13.6. The van der Waals surface area contributed by atoms with Crippen molar-refractivity contribution in [3.8, 4) is 0 Å². The molecule has 0 amide bonds. The number of nitrogens with zero attached hydrogens (tertiary/aromatic N) is 1. The third kappa shape index (κ3) is 4.51. The molecule has 0 atom stereocenters. The number of rotatable bonds is 4. The quantitative estimate of drug-likeness (QED) is 0.636. The lowest BCUT2D eigenvalue weighted by atomic mass is 10.0. The van der Waals surface area contributed by atoms with E-state index in [1.165, 1.54) is 0 Å². The molecule has 0 aromatic heterocycles. The summed E-state index contributed by atoms with van der Waals surface area (Å²) in [5.41, 5.74) is 9.22. The van der Waals surface area contributed by atoms with Crippen LogP contribution in [0.15, 0.2) is 23.2 Å². The third-order valence-corrected chi connectivity index (χ3v) is 2.56. The van der Waals surface area contributed by atoms with Crippen molar-refractivity contribution in [1.29, 1.82) is 0 Å². The average Bonchev–Trinajstić information content (AvgIpc) is 2.21. The van der Waals surface area contributed by atoms with Gasteiger partial charge in [0, 0.05) is 24.7 Å². The zero-order chi connectivity index (χ0) is 13.1. The van der Waals surface area contributed by atoms with E-state index in [0.717, 1.165) is 23.7 Å². The van der Waals surface area contributed by atoms with Crippen LogP contribution < -0.4 is 5.73 Å². The third-order valence-electron chi connectivity index (χ3n) is 2.56. The SMILES string of the molecule is C/C(Cc1cccc(N)c1C)=N\CC(C)(F)F. The van der Waals surface area contributed by atoms with Gasteiger partial charge in [0.05, 0.1) is 0 Å². The molecule has 0 spiro atoms. The Hall–Kier alpha value is -1.45. The molecule has 0 heterocycles. The average molecular weight is 240 g/mol. The first-order valence-corrected chi connectivity index (χ1v) is 5.51. The lowest BCUT2D eigenvalue weighted by Gasteiger charge is -2.10. The fourth-order valence-corrected chi connectivity index (χ4v) is 1.50. The Morgan fingerprint density at radius 1 is 1.41 bits per heavy atom. The molecule has 0 unspecified atom stereocenters. The first-order chi connectivity index (χ1) is 7.79. The Kier molecular flexibility index (Phi) is 4.21. The van der Waals surface area contributed by atoms with Gasteiger partial charge in [-0.3, -0.25) is 4.99 Å². The van der Waals surface area contributed by atoms with Gasteiger partial charge in [0.1, 0.15) is 6.54 Å². The monoisotopic (exact) mass is 240 g/mol. The van der Waals surface area contributed by atoms with E-state index in [4.69, 9.17) is 5.73 Å². The lowest BCUT2D eigenvalue weighted by Crippen LogP contribution is -2.16. The highest BCUT2D eigenvalue weighted by Gasteiger charge is 2.19. The molecule has 94 valence electrons. The predicted octanol–water partition coefficient (Wildman–Crippen LogP) is 3.24. The van der Waals surface area contributed by atoms with E-state index < -0.39 is 12.5 Å². The van der Waals surface area contributed by atoms with Crippen LogP contribution in [0.25, 0.3) is 0 Å². The van der Waals surface area contributed by atoms with E-state index in [2.05, 4.69) is 4.99 Å². The molecule has 17 heavy (non-hydrogen) atoms. The fraction of sp³-hybridized carbons (Fsp3) is 0.462. The molecule has 0 saturated carbocycles. The van der Waals surface area contributed by atoms with Crippen LogP contribution in [0, 0.1) is 6.92 Å². The largest absolute Gasteiger partial charge is 0.399 e. The van der Waals surface area contributed by atoms with Crippen molar-refractivity contribution >= 4 is 11.4 Å². The standard InChI is InChI=1S/C13H18F2N2/c1-9(17-8-13(3,14)15)7-11-5-4-6-12(16)10(11)2/h4-6H,7-8,16H2,1-3H3/b17-9+. The molecule has 0 aliphatic rings. The highest BCUT2D eigenvalue weighted by Crippen LogP contribution is 2.17. The maximum atomic E-state index is 12.6. The van der Waals surface area contributed by atoms with E-state index in [0.29, 0.717) is 12.1 Å². The van der Waals surface area contributed by atoms with Crippen LogP contribution in [0.4, 0.5) is 14.5 Å². The summed E-state index contributed by atoms with van der Waals surface area (Å²) in [6.45, 7) is 4.09. The normalized spacial score (nSPS) is 12.9. The number of benzene rings is 1. The fourth-order valence-electron chi connectivity index (χ4n) is 1.50. The van der Waals surface area contributed by atoms with Crippen LogP contribution in [0.3, 0.4) is 0 Å². The van der Waals surface area contributed by atoms with E-state index in [9.17, 15) is 8.78 Å². The van der Waals surface area contributed by atoms with Crippen LogP contribution in [0.2, 0.25) is 0 Å². The van der Waals surface area contributed by atoms with Gasteiger partial charge in [0.2, 0.25) is 0 Å². The van der Waals surface area contributed by atoms with Crippen LogP contribution >= 0.6 is 0 Å². The summed E-state index contributed by atoms with van der Waals surface area (Å²) in [5, 5.41) is 0. The number of alkyl halides is 2. The minimum atomic E-state index is -2.74. The summed E-state index contributed by atoms with van der Waals surface area (Å²) in [6.07, 6.45) is 0.562. The number of nitrogens with two attached hydrogens (primary N) is 1. The van der Waals surface area contributed by atoms with Gasteiger partial charge >= 0.3 is 0 Å². The Morgan fingerprint density at radius 3 is 2.65 bits per heavy atom. The van der Waals surface area contributed by atoms with Crippen molar-refractivity contribution in [2.45, 2.75) is 33.1 Å². The van der Waals surface area contributed by atoms with Crippen LogP contribution in [-0.4, -0.2) is 18.2 Å². The smallest absolute Gasteiger partial charge is 0.264 e. The van der Waals surface area contributed by atoms with Crippen molar-refractivity contribution < 1.29 is 8.78 Å². The molecule has 1 aromatic carbocycles. The molecular formula is C13H18F2N2. The highest BCUT2D eigenvalue weighted by molar-refractivity contribution is 5.84. The molecule has 0 bridgehead atoms. The number of nitrogen functional groups attached to an aromatic ring is 1. The van der Waals surface area contributed by atoms with Gasteiger partial charge in [-0.25, -0.2) is 8.78 Å². The second-order valence-electron chi connectivity index (χ2n) is 4.43. The van der Waals surface area contributed by atoms with Gasteiger partial charge in [0.15, 0.2) is 0 Å². The second-order valence-corrected chi connectivity index (χ2v) is 4.43. The van der Waals surface area contributed by atoms with E-state index in [-0.39, 0.29) is 0 Å². The predicted molar refractivity (Wildman–Crippen MR) is 67.9 cm³/mol. The molecule has 2 nitrogen and oxygen atoms in total. The number of anilines is 1. The van der Waals surface area contributed by atoms with E-state index in [1.54, 1.807) is 6.92 Å². The Bertz CT molecular complexity index is 420. The van der Waals surface area contributed by atoms with Gasteiger partial charge in [-0.15, -0.1) is 0 Å². The van der Waals surface area contributed by atoms with Crippen molar-refractivity contribution in [1.82, 2.24) is 0 Å². The molecule has 0 fully saturated rings. The lowest BCUT2D eigenvalue weighted by molar-refractivity contribution is 0.0326. The highest BCUT2D eigenvalue weighted by atomic mass is 19.3. The molecule has 1 aromatic rings. The maximum absolute atomic E-state index is 12.6. The van der Waals surface area contributed by atoms with Gasteiger partial charge in [-0.1, -0.05) is 12.1 Å². The molecule has 4 heteroatoms. The van der Waals surface area contributed by atoms with Gasteiger partial charge in [0.25, 0.3) is 5.92 Å². The zero-order valence-electron chi connectivity index (χ0n) is 10.4. The summed E-state index contributed by atoms with van der Waals surface area (Å²) >= 11 is 0. The molecule has 0 aliphatic carbocycles. The summed E-state index contributed by atoms with van der Waals surface area (Å²) in [5.74, 6) is -2.74. The van der Waals surface area contributed by atoms with E-state index in [1.807, 2.05) is 25.1 Å². The Labute approximate surface area is 101 Å². The Balaban J connectivity index is 2.74. The van der Waals surface area contributed by atoms with Crippen molar-refractivity contribution in [3.63, 3.8) is 0 Å². The summed E-state index contributed by atoms with van der Waals surface area (Å²) in [4.78, 5) is 3.89. The second kappa shape index (κ2) is 5.25. The minimum Gasteiger partial charge on any atom is -0.399 e. The zero-order valence-corrected chi connectivity index (χ0v) is 10.4. The van der Waals surface area contributed by atoms with Crippen molar-refractivity contribution in [2.75, 3.05) is 12.3 Å². The maximum Gasteiger partial charge on any atom is 0.264 e. The van der Waals surface area contributed by atoms with Gasteiger partial charge in [-0.05, 0) is 31.0 Å². The molecule has 0 aliphatic heterocycles. The summed E-state index contributed by atoms with van der Waals surface area (Å²) in [6, 6.07) is 5.62. The first-order valence-electron chi connectivity index (χ1n) is 5.51. The molecular weight excluding hydrogens is 222 g/mol. The molecule has 2 N–H and O–H groups in total.